The molecule has 62 valence electrons. The molecule has 2 aliphatic carbocycles. The van der Waals surface area contributed by atoms with Gasteiger partial charge in [0.1, 0.15) is 0 Å². The van der Waals surface area contributed by atoms with Crippen molar-refractivity contribution in [1.82, 2.24) is 0 Å². The molecular weight excluding hydrogens is 170 g/mol. The van der Waals surface area contributed by atoms with E-state index < -0.39 is 0 Å². The first-order valence-electron chi connectivity index (χ1n) is 4.98. The highest BCUT2D eigenvalue weighted by molar-refractivity contribution is 8.31. The van der Waals surface area contributed by atoms with Gasteiger partial charge in [0.25, 0.3) is 0 Å². The third kappa shape index (κ3) is 1.38. The number of hydrogen-bond donors (Lipinski definition) is 0. The highest BCUT2D eigenvalue weighted by atomic mass is 32.1. The lowest BCUT2D eigenvalue weighted by Gasteiger charge is -2.19. The Kier molecular flexibility index (Phi) is 1.77. The molecule has 1 saturated heterocycles. The summed E-state index contributed by atoms with van der Waals surface area (Å²) in [7, 11) is 1.26. The molecule has 2 saturated carbocycles. The predicted molar refractivity (Wildman–Crippen MR) is 54.2 cm³/mol. The normalized spacial score (nSPS) is 44.7. The summed E-state index contributed by atoms with van der Waals surface area (Å²) in [6, 6.07) is 0. The van der Waals surface area contributed by atoms with Crippen LogP contribution < -0.4 is 0 Å². The molecule has 0 radical (unpaired) electrons. The molecule has 0 aromatic rings. The molecule has 1 heterocycles. The summed E-state index contributed by atoms with van der Waals surface area (Å²) in [6.45, 7) is 0. The average Bonchev–Trinajstić information content (AvgIpc) is 2.91. The smallest absolute Gasteiger partial charge is 0.0170 e. The minimum Gasteiger partial charge on any atom is -0.0775 e. The summed E-state index contributed by atoms with van der Waals surface area (Å²) in [5.74, 6) is 0. The van der Waals surface area contributed by atoms with Crippen LogP contribution in [-0.2, 0) is 0 Å². The fraction of sp³-hybridized carbons (Fsp3) is 1.00. The molecule has 0 amide bonds. The van der Waals surface area contributed by atoms with Crippen LogP contribution in [0.5, 0.6) is 0 Å². The van der Waals surface area contributed by atoms with Crippen LogP contribution in [0.4, 0.5) is 0 Å². The lowest BCUT2D eigenvalue weighted by atomic mass is 10.6. The Balaban J connectivity index is 1.69. The van der Waals surface area contributed by atoms with Crippen LogP contribution in [0.2, 0.25) is 0 Å². The summed E-state index contributed by atoms with van der Waals surface area (Å²) in [4.78, 5) is 0. The van der Waals surface area contributed by atoms with E-state index in [2.05, 4.69) is 0 Å². The molecule has 3 aliphatic rings. The van der Waals surface area contributed by atoms with E-state index in [0.717, 1.165) is 0 Å². The zero-order chi connectivity index (χ0) is 7.26. The monoisotopic (exact) mass is 186 g/mol. The third-order valence-corrected chi connectivity index (χ3v) is 13.1. The summed E-state index contributed by atoms with van der Waals surface area (Å²) >= 11 is 0. The maximum atomic E-state index is 1.68. The minimum atomic E-state index is 0.631. The van der Waals surface area contributed by atoms with Crippen LogP contribution >= 0.6 is 15.2 Å². The first kappa shape index (κ1) is 7.28. The maximum Gasteiger partial charge on any atom is -0.0170 e. The molecule has 0 N–H and O–H groups in total. The standard InChI is InChI=1S/C9H16P2/c1-6-10(8-2-3-8)11(7-1)9-4-5-9/h8-9H,1-7H2. The van der Waals surface area contributed by atoms with Crippen LogP contribution in [-0.4, -0.2) is 23.6 Å². The van der Waals surface area contributed by atoms with Crippen molar-refractivity contribution in [3.05, 3.63) is 0 Å². The Hall–Kier alpha value is 0.860. The van der Waals surface area contributed by atoms with Crippen LogP contribution in [0.25, 0.3) is 0 Å². The molecule has 0 aromatic carbocycles. The van der Waals surface area contributed by atoms with Crippen LogP contribution in [0, 0.1) is 0 Å². The summed E-state index contributed by atoms with van der Waals surface area (Å²) in [6.07, 6.45) is 11.5. The van der Waals surface area contributed by atoms with Crippen molar-refractivity contribution in [3.63, 3.8) is 0 Å². The Morgan fingerprint density at radius 1 is 0.727 bits per heavy atom. The van der Waals surface area contributed by atoms with E-state index in [1.54, 1.807) is 44.4 Å². The quantitative estimate of drug-likeness (QED) is 0.578. The lowest BCUT2D eigenvalue weighted by Crippen LogP contribution is -1.82. The molecule has 0 bridgehead atoms. The van der Waals surface area contributed by atoms with Crippen molar-refractivity contribution < 1.29 is 0 Å². The molecule has 2 heteroatoms. The predicted octanol–water partition coefficient (Wildman–Crippen LogP) is 3.59. The first-order chi connectivity index (χ1) is 5.45. The van der Waals surface area contributed by atoms with E-state index in [4.69, 9.17) is 0 Å². The molecule has 3 rings (SSSR count). The zero-order valence-electron chi connectivity index (χ0n) is 7.00. The van der Waals surface area contributed by atoms with Gasteiger partial charge in [-0.25, -0.2) is 0 Å². The van der Waals surface area contributed by atoms with Gasteiger partial charge < -0.3 is 0 Å². The highest BCUT2D eigenvalue weighted by Crippen LogP contribution is 2.84. The van der Waals surface area contributed by atoms with Crippen molar-refractivity contribution in [2.75, 3.05) is 12.3 Å². The fourth-order valence-electron chi connectivity index (χ4n) is 2.18. The van der Waals surface area contributed by atoms with E-state index >= 15 is 0 Å². The average molecular weight is 186 g/mol. The second-order valence-corrected chi connectivity index (χ2v) is 11.3. The second-order valence-electron chi connectivity index (χ2n) is 4.14. The van der Waals surface area contributed by atoms with Crippen molar-refractivity contribution in [2.45, 2.75) is 43.4 Å². The van der Waals surface area contributed by atoms with Crippen LogP contribution in [0.3, 0.4) is 0 Å². The van der Waals surface area contributed by atoms with Gasteiger partial charge in [-0.2, -0.15) is 0 Å². The van der Waals surface area contributed by atoms with Gasteiger partial charge in [-0.3, -0.25) is 0 Å². The molecule has 2 atom stereocenters. The maximum absolute atomic E-state index is 1.68. The molecule has 0 spiro atoms. The first-order valence-corrected chi connectivity index (χ1v) is 8.88. The van der Waals surface area contributed by atoms with Gasteiger partial charge in [-0.1, -0.05) is 15.2 Å². The number of rotatable bonds is 2. The summed E-state index contributed by atoms with van der Waals surface area (Å²) < 4.78 is 0. The van der Waals surface area contributed by atoms with Gasteiger partial charge in [-0.15, -0.1) is 0 Å². The van der Waals surface area contributed by atoms with Crippen LogP contribution in [0.15, 0.2) is 0 Å². The van der Waals surface area contributed by atoms with Gasteiger partial charge in [0.2, 0.25) is 0 Å². The number of hydrogen-bond acceptors (Lipinski definition) is 0. The molecule has 0 aromatic heterocycles. The SMILES string of the molecule is C1CP(C2CC2)P(C2CC2)C1. The molecule has 11 heavy (non-hydrogen) atoms. The van der Waals surface area contributed by atoms with E-state index in [1.165, 1.54) is 11.3 Å². The van der Waals surface area contributed by atoms with Crippen molar-refractivity contribution >= 4 is 15.2 Å². The third-order valence-electron chi connectivity index (χ3n) is 3.04. The van der Waals surface area contributed by atoms with Gasteiger partial charge in [0.05, 0.1) is 0 Å². The molecule has 0 nitrogen and oxygen atoms in total. The van der Waals surface area contributed by atoms with E-state index in [9.17, 15) is 0 Å². The van der Waals surface area contributed by atoms with Crippen molar-refractivity contribution in [3.8, 4) is 0 Å². The topological polar surface area (TPSA) is 0 Å². The minimum absolute atomic E-state index is 0.631. The van der Waals surface area contributed by atoms with Gasteiger partial charge in [0, 0.05) is 0 Å². The second kappa shape index (κ2) is 2.68. The Morgan fingerprint density at radius 3 is 1.55 bits per heavy atom. The zero-order valence-corrected chi connectivity index (χ0v) is 8.79. The van der Waals surface area contributed by atoms with Gasteiger partial charge >= 0.3 is 0 Å². The van der Waals surface area contributed by atoms with Crippen molar-refractivity contribution in [1.29, 1.82) is 0 Å². The van der Waals surface area contributed by atoms with Gasteiger partial charge in [0.15, 0.2) is 0 Å². The fourth-order valence-corrected chi connectivity index (χ4v) is 13.3. The Morgan fingerprint density at radius 2 is 1.18 bits per heavy atom. The molecule has 2 unspecified atom stereocenters. The van der Waals surface area contributed by atoms with E-state index in [-0.39, 0.29) is 0 Å². The van der Waals surface area contributed by atoms with E-state index in [0.29, 0.717) is 15.2 Å². The lowest BCUT2D eigenvalue weighted by molar-refractivity contribution is 1.12. The molecular formula is C9H16P2. The molecule has 3 fully saturated rings. The van der Waals surface area contributed by atoms with E-state index in [1.807, 2.05) is 0 Å². The largest absolute Gasteiger partial charge is 0.0775 e. The van der Waals surface area contributed by atoms with Crippen molar-refractivity contribution in [2.24, 2.45) is 0 Å². The summed E-state index contributed by atoms with van der Waals surface area (Å²) in [5.41, 5.74) is 2.58. The summed E-state index contributed by atoms with van der Waals surface area (Å²) in [5, 5.41) is 0. The molecule has 1 aliphatic heterocycles. The van der Waals surface area contributed by atoms with Crippen LogP contribution in [0.1, 0.15) is 32.1 Å². The Labute approximate surface area is 71.5 Å². The van der Waals surface area contributed by atoms with Gasteiger partial charge in [-0.05, 0) is 55.7 Å². The Bertz CT molecular complexity index is 143. The highest BCUT2D eigenvalue weighted by Gasteiger charge is 2.44.